The van der Waals surface area contributed by atoms with Crippen LogP contribution in [0.2, 0.25) is 0 Å². The van der Waals surface area contributed by atoms with E-state index in [1.807, 2.05) is 0 Å². The molecule has 1 rings (SSSR count). The first-order valence-corrected chi connectivity index (χ1v) is 3.55. The Kier molecular flexibility index (Phi) is 3.01. The Hall–Kier alpha value is -1.13. The standard InChI is InChI=1S/C8H12N2O2/c1-11-8(12-2)7-6(9)4-3-5-10-7/h3-5,8H,9H2,1-2H3. The van der Waals surface area contributed by atoms with Gasteiger partial charge in [0.15, 0.2) is 0 Å². The van der Waals surface area contributed by atoms with Gasteiger partial charge in [0, 0.05) is 20.4 Å². The Morgan fingerprint density at radius 3 is 2.58 bits per heavy atom. The molecule has 0 atom stereocenters. The quantitative estimate of drug-likeness (QED) is 0.683. The molecule has 0 saturated carbocycles. The summed E-state index contributed by atoms with van der Waals surface area (Å²) < 4.78 is 10.0. The van der Waals surface area contributed by atoms with Crippen LogP contribution in [-0.4, -0.2) is 19.2 Å². The normalized spacial score (nSPS) is 10.6. The molecule has 0 unspecified atom stereocenters. The predicted molar refractivity (Wildman–Crippen MR) is 45.4 cm³/mol. The Labute approximate surface area is 71.3 Å². The third-order valence-electron chi connectivity index (χ3n) is 1.52. The molecule has 0 radical (unpaired) electrons. The highest BCUT2D eigenvalue weighted by Crippen LogP contribution is 2.19. The molecule has 0 bridgehead atoms. The first kappa shape index (κ1) is 8.96. The summed E-state index contributed by atoms with van der Waals surface area (Å²) >= 11 is 0. The molecule has 0 aliphatic heterocycles. The molecule has 0 fully saturated rings. The number of hydrogen-bond acceptors (Lipinski definition) is 4. The van der Waals surface area contributed by atoms with Crippen LogP contribution in [0.3, 0.4) is 0 Å². The number of nitrogens with two attached hydrogens (primary N) is 1. The molecule has 0 aliphatic carbocycles. The average Bonchev–Trinajstić information content (AvgIpc) is 2.10. The van der Waals surface area contributed by atoms with Crippen molar-refractivity contribution in [3.8, 4) is 0 Å². The van der Waals surface area contributed by atoms with E-state index in [2.05, 4.69) is 4.98 Å². The van der Waals surface area contributed by atoms with Crippen LogP contribution in [0.5, 0.6) is 0 Å². The zero-order valence-corrected chi connectivity index (χ0v) is 7.15. The van der Waals surface area contributed by atoms with Crippen LogP contribution in [0.15, 0.2) is 18.3 Å². The summed E-state index contributed by atoms with van der Waals surface area (Å²) in [5.41, 5.74) is 6.84. The maximum Gasteiger partial charge on any atom is 0.202 e. The summed E-state index contributed by atoms with van der Waals surface area (Å²) in [6.07, 6.45) is 1.17. The van der Waals surface area contributed by atoms with Crippen molar-refractivity contribution in [3.63, 3.8) is 0 Å². The Balaban J connectivity index is 2.92. The van der Waals surface area contributed by atoms with Crippen LogP contribution < -0.4 is 5.73 Å². The van der Waals surface area contributed by atoms with Gasteiger partial charge in [-0.15, -0.1) is 0 Å². The van der Waals surface area contributed by atoms with E-state index in [0.29, 0.717) is 11.4 Å². The topological polar surface area (TPSA) is 57.4 Å². The van der Waals surface area contributed by atoms with Crippen molar-refractivity contribution < 1.29 is 9.47 Å². The van der Waals surface area contributed by atoms with E-state index in [4.69, 9.17) is 15.2 Å². The summed E-state index contributed by atoms with van der Waals surface area (Å²) in [5.74, 6) is 0. The van der Waals surface area contributed by atoms with Gasteiger partial charge in [0.05, 0.1) is 5.69 Å². The maximum atomic E-state index is 5.65. The van der Waals surface area contributed by atoms with E-state index in [-0.39, 0.29) is 0 Å². The lowest BCUT2D eigenvalue weighted by Crippen LogP contribution is -2.08. The van der Waals surface area contributed by atoms with Gasteiger partial charge in [-0.25, -0.2) is 0 Å². The minimum atomic E-state index is -0.480. The molecular formula is C8H12N2O2. The minimum Gasteiger partial charge on any atom is -0.397 e. The molecule has 1 aromatic heterocycles. The second kappa shape index (κ2) is 4.04. The Morgan fingerprint density at radius 2 is 2.08 bits per heavy atom. The molecule has 4 heteroatoms. The summed E-state index contributed by atoms with van der Waals surface area (Å²) in [5, 5.41) is 0. The second-order valence-corrected chi connectivity index (χ2v) is 2.28. The van der Waals surface area contributed by atoms with E-state index in [0.717, 1.165) is 0 Å². The van der Waals surface area contributed by atoms with Crippen molar-refractivity contribution in [2.24, 2.45) is 0 Å². The van der Waals surface area contributed by atoms with Crippen LogP contribution in [0, 0.1) is 0 Å². The van der Waals surface area contributed by atoms with E-state index in [9.17, 15) is 0 Å². The zero-order chi connectivity index (χ0) is 8.97. The van der Waals surface area contributed by atoms with E-state index in [1.54, 1.807) is 32.5 Å². The zero-order valence-electron chi connectivity index (χ0n) is 7.15. The van der Waals surface area contributed by atoms with Crippen molar-refractivity contribution in [1.29, 1.82) is 0 Å². The molecular weight excluding hydrogens is 156 g/mol. The predicted octanol–water partition coefficient (Wildman–Crippen LogP) is 0.955. The van der Waals surface area contributed by atoms with Crippen molar-refractivity contribution in [2.45, 2.75) is 6.29 Å². The Morgan fingerprint density at radius 1 is 1.42 bits per heavy atom. The number of anilines is 1. The molecule has 0 aliphatic rings. The van der Waals surface area contributed by atoms with Crippen LogP contribution in [0.25, 0.3) is 0 Å². The summed E-state index contributed by atoms with van der Waals surface area (Å²) in [6, 6.07) is 3.52. The maximum absolute atomic E-state index is 5.65. The van der Waals surface area contributed by atoms with E-state index in [1.165, 1.54) is 0 Å². The van der Waals surface area contributed by atoms with Crippen LogP contribution in [-0.2, 0) is 9.47 Å². The van der Waals surface area contributed by atoms with Crippen LogP contribution in [0.4, 0.5) is 5.69 Å². The molecule has 0 saturated heterocycles. The van der Waals surface area contributed by atoms with Crippen LogP contribution >= 0.6 is 0 Å². The third kappa shape index (κ3) is 1.72. The summed E-state index contributed by atoms with van der Waals surface area (Å²) in [7, 11) is 3.09. The van der Waals surface area contributed by atoms with Gasteiger partial charge in [-0.2, -0.15) is 0 Å². The van der Waals surface area contributed by atoms with Gasteiger partial charge in [-0.3, -0.25) is 4.98 Å². The molecule has 4 nitrogen and oxygen atoms in total. The number of hydrogen-bond donors (Lipinski definition) is 1. The first-order valence-electron chi connectivity index (χ1n) is 3.55. The van der Waals surface area contributed by atoms with Gasteiger partial charge in [0.1, 0.15) is 5.69 Å². The largest absolute Gasteiger partial charge is 0.397 e. The number of nitrogen functional groups attached to an aromatic ring is 1. The molecule has 66 valence electrons. The van der Waals surface area contributed by atoms with Gasteiger partial charge >= 0.3 is 0 Å². The lowest BCUT2D eigenvalue weighted by Gasteiger charge is -2.13. The number of rotatable bonds is 3. The fourth-order valence-corrected chi connectivity index (χ4v) is 0.946. The van der Waals surface area contributed by atoms with Gasteiger partial charge in [-0.05, 0) is 12.1 Å². The molecule has 1 aromatic rings. The summed E-state index contributed by atoms with van der Waals surface area (Å²) in [4.78, 5) is 4.05. The minimum absolute atomic E-state index is 0.480. The van der Waals surface area contributed by atoms with Gasteiger partial charge in [0.2, 0.25) is 6.29 Å². The smallest absolute Gasteiger partial charge is 0.202 e. The number of nitrogens with zero attached hydrogens (tertiary/aromatic N) is 1. The van der Waals surface area contributed by atoms with Gasteiger partial charge in [0.25, 0.3) is 0 Å². The average molecular weight is 168 g/mol. The van der Waals surface area contributed by atoms with Gasteiger partial charge < -0.3 is 15.2 Å². The number of ether oxygens (including phenoxy) is 2. The van der Waals surface area contributed by atoms with Crippen molar-refractivity contribution >= 4 is 5.69 Å². The van der Waals surface area contributed by atoms with Gasteiger partial charge in [-0.1, -0.05) is 0 Å². The SMILES string of the molecule is COC(OC)c1ncccc1N. The lowest BCUT2D eigenvalue weighted by atomic mass is 10.3. The third-order valence-corrected chi connectivity index (χ3v) is 1.52. The van der Waals surface area contributed by atoms with Crippen LogP contribution in [0.1, 0.15) is 12.0 Å². The molecule has 0 aromatic carbocycles. The molecule has 2 N–H and O–H groups in total. The van der Waals surface area contributed by atoms with E-state index < -0.39 is 6.29 Å². The monoisotopic (exact) mass is 168 g/mol. The van der Waals surface area contributed by atoms with Crippen molar-refractivity contribution in [1.82, 2.24) is 4.98 Å². The lowest BCUT2D eigenvalue weighted by molar-refractivity contribution is -0.108. The molecule has 0 amide bonds. The van der Waals surface area contributed by atoms with Crippen molar-refractivity contribution in [2.75, 3.05) is 20.0 Å². The highest BCUT2D eigenvalue weighted by molar-refractivity contribution is 5.42. The fraction of sp³-hybridized carbons (Fsp3) is 0.375. The molecule has 1 heterocycles. The highest BCUT2D eigenvalue weighted by atomic mass is 16.7. The summed E-state index contributed by atoms with van der Waals surface area (Å²) in [6.45, 7) is 0. The molecule has 0 spiro atoms. The second-order valence-electron chi connectivity index (χ2n) is 2.28. The number of pyridine rings is 1. The highest BCUT2D eigenvalue weighted by Gasteiger charge is 2.12. The first-order chi connectivity index (χ1) is 5.79. The molecule has 12 heavy (non-hydrogen) atoms. The Bertz CT molecular complexity index is 249. The fourth-order valence-electron chi connectivity index (χ4n) is 0.946. The van der Waals surface area contributed by atoms with Crippen molar-refractivity contribution in [3.05, 3.63) is 24.0 Å². The number of methoxy groups -OCH3 is 2. The van der Waals surface area contributed by atoms with E-state index >= 15 is 0 Å². The number of aromatic nitrogens is 1.